The first-order valence-corrected chi connectivity index (χ1v) is 8.03. The first-order chi connectivity index (χ1) is 12.6. The lowest BCUT2D eigenvalue weighted by molar-refractivity contribution is 0.0175. The Hall–Kier alpha value is -3.22. The van der Waals surface area contributed by atoms with Crippen LogP contribution in [0.15, 0.2) is 55.1 Å². The molecule has 26 heavy (non-hydrogen) atoms. The van der Waals surface area contributed by atoms with Crippen LogP contribution in [0.2, 0.25) is 0 Å². The summed E-state index contributed by atoms with van der Waals surface area (Å²) in [6.07, 6.45) is 4.44. The quantitative estimate of drug-likeness (QED) is 0.670. The lowest BCUT2D eigenvalue weighted by Gasteiger charge is -2.26. The zero-order chi connectivity index (χ0) is 18.1. The molecule has 2 heterocycles. The lowest BCUT2D eigenvalue weighted by atomic mass is 10.0. The Morgan fingerprint density at radius 2 is 1.92 bits per heavy atom. The summed E-state index contributed by atoms with van der Waals surface area (Å²) in [7, 11) is 0. The number of ether oxygens (including phenoxy) is 2. The smallest absolute Gasteiger partial charge is 0.338 e. The van der Waals surface area contributed by atoms with Crippen molar-refractivity contribution in [3.63, 3.8) is 0 Å². The molecule has 2 aromatic carbocycles. The summed E-state index contributed by atoms with van der Waals surface area (Å²) in [6, 6.07) is 8.71. The minimum atomic E-state index is -0.893. The van der Waals surface area contributed by atoms with E-state index >= 15 is 0 Å². The molecule has 1 aromatic heterocycles. The van der Waals surface area contributed by atoms with Gasteiger partial charge >= 0.3 is 5.97 Å². The number of aromatic nitrogens is 2. The van der Waals surface area contributed by atoms with Crippen molar-refractivity contribution in [2.75, 3.05) is 6.61 Å². The van der Waals surface area contributed by atoms with Gasteiger partial charge in [-0.15, -0.1) is 0 Å². The minimum absolute atomic E-state index is 0.0559. The number of hydrogen-bond donors (Lipinski definition) is 0. The molecule has 0 N–H and O–H groups in total. The Morgan fingerprint density at radius 1 is 1.15 bits per heavy atom. The van der Waals surface area contributed by atoms with Crippen LogP contribution in [0.4, 0.5) is 8.78 Å². The number of carbonyl (C=O) groups excluding carboxylic acids is 1. The van der Waals surface area contributed by atoms with E-state index in [4.69, 9.17) is 9.47 Å². The average Bonchev–Trinajstić information content (AvgIpc) is 3.20. The van der Waals surface area contributed by atoms with Crippen LogP contribution < -0.4 is 4.74 Å². The van der Waals surface area contributed by atoms with Gasteiger partial charge in [0.25, 0.3) is 0 Å². The van der Waals surface area contributed by atoms with Crippen molar-refractivity contribution in [1.82, 2.24) is 9.55 Å². The van der Waals surface area contributed by atoms with Crippen LogP contribution in [-0.2, 0) is 4.74 Å². The summed E-state index contributed by atoms with van der Waals surface area (Å²) >= 11 is 0. The predicted molar refractivity (Wildman–Crippen MR) is 88.2 cm³/mol. The number of rotatable bonds is 3. The van der Waals surface area contributed by atoms with E-state index in [-0.39, 0.29) is 24.3 Å². The molecule has 1 aliphatic heterocycles. The third kappa shape index (κ3) is 2.92. The van der Waals surface area contributed by atoms with Gasteiger partial charge in [0.1, 0.15) is 11.9 Å². The van der Waals surface area contributed by atoms with E-state index in [1.165, 1.54) is 0 Å². The maximum absolute atomic E-state index is 14.1. The molecule has 7 heteroatoms. The maximum Gasteiger partial charge on any atom is 0.338 e. The number of hydrogen-bond acceptors (Lipinski definition) is 4. The molecule has 1 aliphatic rings. The number of nitrogens with zero attached hydrogens (tertiary/aromatic N) is 2. The topological polar surface area (TPSA) is 53.4 Å². The van der Waals surface area contributed by atoms with Crippen molar-refractivity contribution in [2.45, 2.75) is 12.5 Å². The molecule has 1 atom stereocenters. The van der Waals surface area contributed by atoms with E-state index < -0.39 is 23.7 Å². The fourth-order valence-corrected chi connectivity index (χ4v) is 2.90. The van der Waals surface area contributed by atoms with Gasteiger partial charge in [0.2, 0.25) is 0 Å². The standard InChI is InChI=1S/C19H14F2N2O3/c20-14-5-6-15(21)18-17(14)16(7-10-25-18)26-19(24)12-1-3-13(4-2-12)23-9-8-22-11-23/h1-6,8-9,11,16H,7,10H2/t16-/m0/s1. The molecule has 0 radical (unpaired) electrons. The van der Waals surface area contributed by atoms with Gasteiger partial charge < -0.3 is 14.0 Å². The van der Waals surface area contributed by atoms with Crippen molar-refractivity contribution < 1.29 is 23.0 Å². The van der Waals surface area contributed by atoms with Crippen molar-refractivity contribution >= 4 is 5.97 Å². The molecule has 132 valence electrons. The van der Waals surface area contributed by atoms with Gasteiger partial charge in [0.15, 0.2) is 11.6 Å². The van der Waals surface area contributed by atoms with Crippen molar-refractivity contribution in [3.8, 4) is 11.4 Å². The molecule has 5 nitrogen and oxygen atoms in total. The molecule has 0 unspecified atom stereocenters. The van der Waals surface area contributed by atoms with Crippen LogP contribution in [0.1, 0.15) is 28.4 Å². The monoisotopic (exact) mass is 356 g/mol. The van der Waals surface area contributed by atoms with Gasteiger partial charge in [-0.2, -0.15) is 0 Å². The molecule has 0 saturated heterocycles. The molecule has 0 saturated carbocycles. The fourth-order valence-electron chi connectivity index (χ4n) is 2.90. The molecule has 0 spiro atoms. The highest BCUT2D eigenvalue weighted by atomic mass is 19.1. The van der Waals surface area contributed by atoms with Gasteiger partial charge in [-0.25, -0.2) is 18.6 Å². The SMILES string of the molecule is O=C(O[C@H]1CCOc2c(F)ccc(F)c21)c1ccc(-n2ccnc2)cc1. The Labute approximate surface area is 147 Å². The molecule has 0 bridgehead atoms. The number of halogens is 2. The van der Waals surface area contributed by atoms with Crippen LogP contribution in [-0.4, -0.2) is 22.1 Å². The normalized spacial score (nSPS) is 15.8. The highest BCUT2D eigenvalue weighted by Gasteiger charge is 2.30. The summed E-state index contributed by atoms with van der Waals surface area (Å²) < 4.78 is 40.4. The highest BCUT2D eigenvalue weighted by molar-refractivity contribution is 5.89. The summed E-state index contributed by atoms with van der Waals surface area (Å²) in [5.74, 6) is -2.13. The van der Waals surface area contributed by atoms with E-state index in [9.17, 15) is 13.6 Å². The van der Waals surface area contributed by atoms with Gasteiger partial charge in [-0.1, -0.05) is 0 Å². The van der Waals surface area contributed by atoms with Crippen LogP contribution in [0, 0.1) is 11.6 Å². The average molecular weight is 356 g/mol. The molecular weight excluding hydrogens is 342 g/mol. The number of esters is 1. The molecule has 3 aromatic rings. The second-order valence-corrected chi connectivity index (χ2v) is 5.82. The number of fused-ring (bicyclic) bond motifs is 1. The van der Waals surface area contributed by atoms with Crippen LogP contribution in [0.3, 0.4) is 0 Å². The third-order valence-corrected chi connectivity index (χ3v) is 4.20. The van der Waals surface area contributed by atoms with E-state index in [1.54, 1.807) is 47.6 Å². The van der Waals surface area contributed by atoms with Crippen molar-refractivity contribution in [1.29, 1.82) is 0 Å². The van der Waals surface area contributed by atoms with E-state index in [0.29, 0.717) is 5.56 Å². The van der Waals surface area contributed by atoms with E-state index in [0.717, 1.165) is 17.8 Å². The maximum atomic E-state index is 14.1. The molecule has 0 amide bonds. The van der Waals surface area contributed by atoms with Crippen LogP contribution >= 0.6 is 0 Å². The summed E-state index contributed by atoms with van der Waals surface area (Å²) in [5, 5.41) is 0. The molecule has 0 fully saturated rings. The van der Waals surface area contributed by atoms with Gasteiger partial charge in [0.05, 0.1) is 24.1 Å². The number of imidazole rings is 1. The Bertz CT molecular complexity index is 940. The highest BCUT2D eigenvalue weighted by Crippen LogP contribution is 2.38. The number of carbonyl (C=O) groups is 1. The number of benzene rings is 2. The second-order valence-electron chi connectivity index (χ2n) is 5.82. The molecular formula is C19H14F2N2O3. The second kappa shape index (κ2) is 6.59. The van der Waals surface area contributed by atoms with E-state index in [1.807, 2.05) is 0 Å². The summed E-state index contributed by atoms with van der Waals surface area (Å²) in [6.45, 7) is 0.144. The van der Waals surface area contributed by atoms with Crippen LogP contribution in [0.25, 0.3) is 5.69 Å². The Morgan fingerprint density at radius 3 is 2.65 bits per heavy atom. The van der Waals surface area contributed by atoms with Crippen LogP contribution in [0.5, 0.6) is 5.75 Å². The van der Waals surface area contributed by atoms with Crippen molar-refractivity contribution in [3.05, 3.63) is 77.9 Å². The van der Waals surface area contributed by atoms with Gasteiger partial charge in [0, 0.05) is 24.5 Å². The predicted octanol–water partition coefficient (Wildman–Crippen LogP) is 3.83. The molecule has 0 aliphatic carbocycles. The Kier molecular flexibility index (Phi) is 4.12. The first-order valence-electron chi connectivity index (χ1n) is 8.03. The third-order valence-electron chi connectivity index (χ3n) is 4.20. The van der Waals surface area contributed by atoms with Gasteiger partial charge in [-0.3, -0.25) is 0 Å². The zero-order valence-corrected chi connectivity index (χ0v) is 13.6. The Balaban J connectivity index is 1.55. The largest absolute Gasteiger partial charge is 0.490 e. The molecule has 4 rings (SSSR count). The summed E-state index contributed by atoms with van der Waals surface area (Å²) in [4.78, 5) is 16.4. The van der Waals surface area contributed by atoms with Gasteiger partial charge in [-0.05, 0) is 36.4 Å². The minimum Gasteiger partial charge on any atom is -0.490 e. The summed E-state index contributed by atoms with van der Waals surface area (Å²) in [5.41, 5.74) is 1.10. The fraction of sp³-hybridized carbons (Fsp3) is 0.158. The first kappa shape index (κ1) is 16.3. The van der Waals surface area contributed by atoms with E-state index in [2.05, 4.69) is 4.98 Å². The zero-order valence-electron chi connectivity index (χ0n) is 13.6. The lowest BCUT2D eigenvalue weighted by Crippen LogP contribution is -2.21. The van der Waals surface area contributed by atoms with Crippen molar-refractivity contribution in [2.24, 2.45) is 0 Å².